The summed E-state index contributed by atoms with van der Waals surface area (Å²) in [6, 6.07) is 32.9. The third kappa shape index (κ3) is 23.6. The number of halogens is 15. The Hall–Kier alpha value is -18.4. The minimum Gasteiger partial charge on any atom is -0.394 e. The Labute approximate surface area is 802 Å². The van der Waals surface area contributed by atoms with Crippen LogP contribution < -0.4 is 31.9 Å². The van der Waals surface area contributed by atoms with Gasteiger partial charge >= 0.3 is 30.9 Å². The molecule has 0 aliphatic heterocycles. The molecule has 144 heavy (non-hydrogen) atoms. The van der Waals surface area contributed by atoms with E-state index in [1.54, 1.807) is 12.1 Å². The molecular weight excluding hydrogens is 1910 g/mol. The van der Waals surface area contributed by atoms with Crippen LogP contribution in [0.1, 0.15) is 138 Å². The number of nitrogens with zero attached hydrogens (tertiary/aromatic N) is 21. The van der Waals surface area contributed by atoms with Crippen molar-refractivity contribution in [3.05, 3.63) is 245 Å². The molecule has 1 unspecified atom stereocenters. The Bertz CT molecular complexity index is 7860. The first-order valence-electron chi connectivity index (χ1n) is 43.3. The highest BCUT2D eigenvalue weighted by Crippen LogP contribution is 2.43. The monoisotopic (exact) mass is 1980 g/mol. The van der Waals surface area contributed by atoms with E-state index in [0.717, 1.165) is 124 Å². The Kier molecular flexibility index (Phi) is 29.8. The normalized spacial score (nSPS) is 13.0. The predicted octanol–water partition coefficient (Wildman–Crippen LogP) is 20.3. The molecule has 0 saturated heterocycles. The van der Waals surface area contributed by atoms with E-state index in [2.05, 4.69) is 132 Å². The van der Waals surface area contributed by atoms with E-state index in [4.69, 9.17) is 5.26 Å². The van der Waals surface area contributed by atoms with Crippen molar-refractivity contribution < 1.29 is 75.8 Å². The van der Waals surface area contributed by atoms with Crippen LogP contribution >= 0.6 is 0 Å². The zero-order valence-electron chi connectivity index (χ0n) is 74.4. The first-order chi connectivity index (χ1) is 69.0. The summed E-state index contributed by atoms with van der Waals surface area (Å²) >= 11 is 0. The number of aliphatic hydroxyl groups is 1. The molecule has 49 heteroatoms. The second-order valence-corrected chi connectivity index (χ2v) is 32.1. The average Bonchev–Trinajstić information content (AvgIpc) is 1.64. The van der Waals surface area contributed by atoms with Crippen molar-refractivity contribution in [2.24, 2.45) is 0 Å². The zero-order chi connectivity index (χ0) is 102. The van der Waals surface area contributed by atoms with Gasteiger partial charge in [0.05, 0.1) is 134 Å². The van der Waals surface area contributed by atoms with Gasteiger partial charge in [0.2, 0.25) is 35.6 Å². The van der Waals surface area contributed by atoms with Crippen molar-refractivity contribution >= 4 is 96.5 Å². The molecule has 17 aromatic rings. The highest BCUT2D eigenvalue weighted by molar-refractivity contribution is 5.99. The fourth-order valence-electron chi connectivity index (χ4n) is 15.5. The molecule has 15 aromatic heterocycles. The van der Waals surface area contributed by atoms with E-state index in [9.17, 15) is 102 Å². The van der Waals surface area contributed by atoms with Crippen LogP contribution in [0.15, 0.2) is 178 Å². The molecule has 0 radical (unpaired) electrons. The molecule has 2 saturated carbocycles. The molecule has 2 aromatic carbocycles. The minimum absolute atomic E-state index is 0.0565. The summed E-state index contributed by atoms with van der Waals surface area (Å²) in [5.41, 5.74) is 2.57. The number of aromatic nitrogens is 20. The number of hydrogen-bond donors (Lipinski definition) is 12. The van der Waals surface area contributed by atoms with Crippen LogP contribution in [0.2, 0.25) is 0 Å². The van der Waals surface area contributed by atoms with E-state index in [-0.39, 0.29) is 160 Å². The van der Waals surface area contributed by atoms with E-state index in [1.807, 2.05) is 78.9 Å². The third-order valence-electron chi connectivity index (χ3n) is 22.5. The van der Waals surface area contributed by atoms with Gasteiger partial charge in [-0.05, 0) is 79.3 Å². The molecule has 2 aliphatic carbocycles. The van der Waals surface area contributed by atoms with E-state index in [0.29, 0.717) is 52.1 Å². The van der Waals surface area contributed by atoms with E-state index >= 15 is 0 Å². The Morgan fingerprint density at radius 2 is 0.674 bits per heavy atom. The van der Waals surface area contributed by atoms with Crippen molar-refractivity contribution in [2.75, 3.05) is 45.1 Å². The summed E-state index contributed by atoms with van der Waals surface area (Å²) in [5, 5.41) is 84.3. The number of aliphatic hydroxyl groups excluding tert-OH is 1. The molecule has 728 valence electrons. The maximum Gasteiger partial charge on any atom is 0.417 e. The summed E-state index contributed by atoms with van der Waals surface area (Å²) in [6.07, 6.45) is 4.92. The van der Waals surface area contributed by atoms with Gasteiger partial charge in [0.15, 0.2) is 0 Å². The van der Waals surface area contributed by atoms with Gasteiger partial charge in [-0.3, -0.25) is 4.79 Å². The SMILES string of the molecule is CC(=O)Nc1ccc(CNc2ncc(C#N)c(-c3c[nH]c4ncc(C(F)(F)F)cc34)n2)cc1.N#CCNc1ncc(C#N)c(-c2c[nH]c3ncc(C(F)(F)F)cc23)n1.N#Cc1cnc(NC(CO)c2ccccc2)nc1-c1c[nH]c2ncc(C(F)(F)F)cc12.N#Cc1cnc(NC2CCCC2)nc1-c1c[nH]c2ncc(C(F)(F)F)cc12.N#Cc1cnc(NC2CCCCC2)nc1-c1c[nH]c2ncc(C(F)(F)F)cc12. The van der Waals surface area contributed by atoms with Gasteiger partial charge in [-0.25, -0.2) is 74.8 Å². The Morgan fingerprint density at radius 1 is 0.382 bits per heavy atom. The number of carbonyl (C=O) groups is 1. The smallest absolute Gasteiger partial charge is 0.394 e. The van der Waals surface area contributed by atoms with Crippen molar-refractivity contribution in [1.82, 2.24) is 99.7 Å². The molecule has 1 atom stereocenters. The Balaban J connectivity index is 0.000000136. The van der Waals surface area contributed by atoms with Gasteiger partial charge in [0, 0.05) is 148 Å². The van der Waals surface area contributed by atoms with Gasteiger partial charge < -0.3 is 61.9 Å². The highest BCUT2D eigenvalue weighted by atomic mass is 19.4. The minimum atomic E-state index is -4.56. The standard InChI is InChI=1S/C22H16F3N7O.C21H15F3N6O.C19H17F3N6.C18H15F3N6.C15H8F3N7/c1-12(33)31-16-4-2-13(3-5-16)8-29-21-30-9-14(7-26)19(32-21)18-11-28-20-17(18)6-15(10-27-20)22(23,24)25;22-21(23,24)14-6-15-16(10-27-19(15)26-9-14)18-13(7-25)8-28-20(30-18)29-17(11-31)12-4-2-1-3-5-12;20-19(21,22)12-6-14-15(10-25-17(14)24-9-12)16-11(7-23)8-26-18(28-16)27-13-4-2-1-3-5-13;19-18(20,21)11-5-13-14(9-24-16(13)23-8-11)15-10(6-22)7-25-17(27-15)26-12-3-1-2-4-12;16-15(17,18)9-3-10-11(7-23-13(10)22-6-9)12-8(4-20)5-24-14(25-12)21-2-1-19/h2-6,9-11H,8H2,1H3,(H,27,28)(H,31,33)(H,29,30,32);1-6,8-10,17,31H,11H2,(H,26,27)(H,28,29,30);6,8-10,13H,1-5H2,(H,24,25)(H,26,27,28);5,7-9,12H,1-4H2,(H,23,24)(H,25,26,27);3,5-7H,2H2,(H,22,23)(H,21,24,25). The van der Waals surface area contributed by atoms with Crippen LogP contribution in [0.3, 0.4) is 0 Å². The number of nitrogens with one attached hydrogen (secondary N) is 11. The third-order valence-corrected chi connectivity index (χ3v) is 22.5. The number of nitriles is 6. The predicted molar refractivity (Wildman–Crippen MR) is 493 cm³/mol. The Morgan fingerprint density at radius 3 is 0.972 bits per heavy atom. The van der Waals surface area contributed by atoms with E-state index in [1.165, 1.54) is 75.3 Å². The lowest BCUT2D eigenvalue weighted by molar-refractivity contribution is -0.138. The molecule has 0 spiro atoms. The largest absolute Gasteiger partial charge is 0.417 e. The number of pyridine rings is 5. The van der Waals surface area contributed by atoms with Crippen molar-refractivity contribution in [3.63, 3.8) is 0 Å². The molecule has 15 heterocycles. The quantitative estimate of drug-likeness (QED) is 0.0264. The van der Waals surface area contributed by atoms with Crippen molar-refractivity contribution in [1.29, 1.82) is 31.6 Å². The zero-order valence-corrected chi connectivity index (χ0v) is 74.4. The molecule has 12 N–H and O–H groups in total. The van der Waals surface area contributed by atoms with Crippen LogP contribution in [0.5, 0.6) is 0 Å². The summed E-state index contributed by atoms with van der Waals surface area (Å²) < 4.78 is 196. The fourth-order valence-corrected chi connectivity index (χ4v) is 15.5. The number of carbonyl (C=O) groups excluding carboxylic acids is 1. The number of amides is 1. The maximum absolute atomic E-state index is 13.2. The number of anilines is 6. The van der Waals surface area contributed by atoms with Gasteiger partial charge in [-0.1, -0.05) is 74.6 Å². The van der Waals surface area contributed by atoms with Crippen molar-refractivity contribution in [2.45, 2.75) is 120 Å². The number of rotatable bonds is 19. The second-order valence-electron chi connectivity index (χ2n) is 32.1. The topological polar surface area (TPSA) is 525 Å². The molecule has 2 aliphatic rings. The molecular formula is C95H71F15N32O2. The lowest BCUT2D eigenvalue weighted by Gasteiger charge is -2.22. The number of alkyl halides is 15. The van der Waals surface area contributed by atoms with Crippen LogP contribution in [0, 0.1) is 68.0 Å². The summed E-state index contributed by atoms with van der Waals surface area (Å²) in [4.78, 5) is 86.5. The summed E-state index contributed by atoms with van der Waals surface area (Å²) in [7, 11) is 0. The molecule has 0 bridgehead atoms. The van der Waals surface area contributed by atoms with Crippen LogP contribution in [-0.2, 0) is 42.2 Å². The lowest BCUT2D eigenvalue weighted by atomic mass is 9.96. The van der Waals surface area contributed by atoms with Crippen LogP contribution in [0.4, 0.5) is 101 Å². The van der Waals surface area contributed by atoms with Gasteiger partial charge in [-0.15, -0.1) is 0 Å². The van der Waals surface area contributed by atoms with Gasteiger partial charge in [-0.2, -0.15) is 97.4 Å². The molecule has 1 amide bonds. The average molecular weight is 1980 g/mol. The second kappa shape index (κ2) is 42.9. The number of H-pyrrole nitrogens is 5. The first-order valence-corrected chi connectivity index (χ1v) is 43.3. The number of fused-ring (bicyclic) bond motifs is 5. The van der Waals surface area contributed by atoms with Gasteiger partial charge in [0.1, 0.15) is 65.1 Å². The van der Waals surface area contributed by atoms with E-state index < -0.39 is 64.7 Å². The molecule has 34 nitrogen and oxygen atoms in total. The van der Waals surface area contributed by atoms with Gasteiger partial charge in [0.25, 0.3) is 0 Å². The number of benzene rings is 2. The summed E-state index contributed by atoms with van der Waals surface area (Å²) in [5.74, 6) is 0.967. The summed E-state index contributed by atoms with van der Waals surface area (Å²) in [6.45, 7) is 1.47. The molecule has 2 fully saturated rings. The van der Waals surface area contributed by atoms with Crippen LogP contribution in [-0.4, -0.2) is 136 Å². The highest BCUT2D eigenvalue weighted by Gasteiger charge is 2.38. The van der Waals surface area contributed by atoms with Crippen LogP contribution in [0.25, 0.3) is 111 Å². The number of aromatic amines is 5. The fraction of sp³-hybridized carbons (Fsp3) is 0.221. The molecule has 19 rings (SSSR count). The lowest BCUT2D eigenvalue weighted by Crippen LogP contribution is -2.23. The first kappa shape index (κ1) is 100. The maximum atomic E-state index is 13.2. The number of hydrogen-bond acceptors (Lipinski definition) is 28. The van der Waals surface area contributed by atoms with Crippen molar-refractivity contribution in [3.8, 4) is 92.7 Å².